The Bertz CT molecular complexity index is 783. The number of tetrazole rings is 1. The zero-order chi connectivity index (χ0) is 16.8. The molecule has 8 nitrogen and oxygen atoms in total. The van der Waals surface area contributed by atoms with E-state index in [1.54, 1.807) is 25.3 Å². The first kappa shape index (κ1) is 15.7. The predicted octanol–water partition coefficient (Wildman–Crippen LogP) is 2.10. The van der Waals surface area contributed by atoms with Gasteiger partial charge in [-0.25, -0.2) is 0 Å². The number of carbonyl (C=O) groups excluding carboxylic acids is 1. The highest BCUT2D eigenvalue weighted by atomic mass is 16.5. The molecule has 0 aliphatic carbocycles. The Hall–Kier alpha value is -3.16. The van der Waals surface area contributed by atoms with Crippen molar-refractivity contribution in [1.82, 2.24) is 25.2 Å². The number of ether oxygens (including phenoxy) is 1. The van der Waals surface area contributed by atoms with E-state index < -0.39 is 0 Å². The Balaban J connectivity index is 1.62. The molecule has 0 spiro atoms. The molecule has 24 heavy (non-hydrogen) atoms. The lowest BCUT2D eigenvalue weighted by Crippen LogP contribution is -2.12. The van der Waals surface area contributed by atoms with Crippen LogP contribution in [0.3, 0.4) is 0 Å². The maximum absolute atomic E-state index is 12.1. The smallest absolute Gasteiger partial charge is 0.224 e. The normalized spacial score (nSPS) is 10.5. The fourth-order valence-electron chi connectivity index (χ4n) is 2.40. The molecule has 3 aromatic rings. The maximum atomic E-state index is 12.1. The van der Waals surface area contributed by atoms with Crippen LogP contribution in [0.1, 0.15) is 12.8 Å². The second kappa shape index (κ2) is 7.40. The molecule has 0 aliphatic heterocycles. The van der Waals surface area contributed by atoms with Gasteiger partial charge >= 0.3 is 0 Å². The molecule has 1 amide bonds. The summed E-state index contributed by atoms with van der Waals surface area (Å²) < 4.78 is 7.35. The SMILES string of the molecule is COc1ccc(NC(=O)CCCn2cccc2)cc1-c1nn[nH]n1. The van der Waals surface area contributed by atoms with Crippen molar-refractivity contribution in [3.05, 3.63) is 42.7 Å². The van der Waals surface area contributed by atoms with Crippen LogP contribution in [0.15, 0.2) is 42.7 Å². The molecule has 8 heteroatoms. The quantitative estimate of drug-likeness (QED) is 0.693. The number of benzene rings is 1. The highest BCUT2D eigenvalue weighted by Gasteiger charge is 2.12. The molecule has 0 radical (unpaired) electrons. The van der Waals surface area contributed by atoms with Crippen LogP contribution in [-0.2, 0) is 11.3 Å². The lowest BCUT2D eigenvalue weighted by atomic mass is 10.1. The number of methoxy groups -OCH3 is 1. The number of nitrogens with zero attached hydrogens (tertiary/aromatic N) is 4. The Kier molecular flexibility index (Phi) is 4.85. The van der Waals surface area contributed by atoms with Gasteiger partial charge in [0, 0.05) is 31.0 Å². The summed E-state index contributed by atoms with van der Waals surface area (Å²) in [7, 11) is 1.57. The van der Waals surface area contributed by atoms with E-state index >= 15 is 0 Å². The molecule has 0 aliphatic rings. The summed E-state index contributed by atoms with van der Waals surface area (Å²) in [5.74, 6) is 0.990. The van der Waals surface area contributed by atoms with Gasteiger partial charge in [0.1, 0.15) is 5.75 Å². The summed E-state index contributed by atoms with van der Waals surface area (Å²) in [6, 6.07) is 9.26. The van der Waals surface area contributed by atoms with Crippen LogP contribution in [0.5, 0.6) is 5.75 Å². The third kappa shape index (κ3) is 3.78. The minimum absolute atomic E-state index is 0.0358. The topological polar surface area (TPSA) is 97.7 Å². The average Bonchev–Trinajstić information content (AvgIpc) is 3.28. The van der Waals surface area contributed by atoms with Crippen molar-refractivity contribution >= 4 is 11.6 Å². The average molecular weight is 326 g/mol. The minimum atomic E-state index is -0.0358. The Morgan fingerprint density at radius 2 is 2.17 bits per heavy atom. The van der Waals surface area contributed by atoms with Gasteiger partial charge in [0.05, 0.1) is 12.7 Å². The van der Waals surface area contributed by atoms with Gasteiger partial charge in [-0.1, -0.05) is 0 Å². The van der Waals surface area contributed by atoms with Crippen LogP contribution in [0.25, 0.3) is 11.4 Å². The second-order valence-electron chi connectivity index (χ2n) is 5.22. The van der Waals surface area contributed by atoms with Crippen molar-refractivity contribution < 1.29 is 9.53 Å². The molecular weight excluding hydrogens is 308 g/mol. The maximum Gasteiger partial charge on any atom is 0.224 e. The second-order valence-corrected chi connectivity index (χ2v) is 5.22. The standard InChI is InChI=1S/C16H18N6O2/c1-24-14-7-6-12(11-13(14)16-18-20-21-19-16)17-15(23)5-4-10-22-8-2-3-9-22/h2-3,6-9,11H,4-5,10H2,1H3,(H,17,23)(H,18,19,20,21). The molecule has 2 aromatic heterocycles. The van der Waals surface area contributed by atoms with Gasteiger partial charge in [-0.2, -0.15) is 5.21 Å². The number of nitrogens with one attached hydrogen (secondary N) is 2. The lowest BCUT2D eigenvalue weighted by Gasteiger charge is -2.10. The van der Waals surface area contributed by atoms with E-state index in [2.05, 4.69) is 30.5 Å². The Labute approximate surface area is 138 Å². The van der Waals surface area contributed by atoms with Crippen LogP contribution in [0, 0.1) is 0 Å². The van der Waals surface area contributed by atoms with E-state index in [0.29, 0.717) is 29.2 Å². The summed E-state index contributed by atoms with van der Waals surface area (Å²) in [6.07, 6.45) is 5.19. The van der Waals surface area contributed by atoms with Gasteiger partial charge in [-0.05, 0) is 42.0 Å². The fourth-order valence-corrected chi connectivity index (χ4v) is 2.40. The van der Waals surface area contributed by atoms with E-state index in [1.165, 1.54) is 0 Å². The minimum Gasteiger partial charge on any atom is -0.496 e. The molecule has 0 fully saturated rings. The number of aromatic amines is 1. The first-order valence-electron chi connectivity index (χ1n) is 7.59. The van der Waals surface area contributed by atoms with Gasteiger partial charge < -0.3 is 14.6 Å². The molecular formula is C16H18N6O2. The van der Waals surface area contributed by atoms with Gasteiger partial charge in [0.15, 0.2) is 0 Å². The third-order valence-electron chi connectivity index (χ3n) is 3.56. The van der Waals surface area contributed by atoms with Gasteiger partial charge in [0.2, 0.25) is 11.7 Å². The predicted molar refractivity (Wildman–Crippen MR) is 88.5 cm³/mol. The van der Waals surface area contributed by atoms with E-state index in [0.717, 1.165) is 13.0 Å². The van der Waals surface area contributed by atoms with Crippen LogP contribution >= 0.6 is 0 Å². The molecule has 0 atom stereocenters. The van der Waals surface area contributed by atoms with E-state index in [-0.39, 0.29) is 5.91 Å². The van der Waals surface area contributed by atoms with E-state index in [9.17, 15) is 4.79 Å². The zero-order valence-corrected chi connectivity index (χ0v) is 13.3. The number of hydrogen-bond donors (Lipinski definition) is 2. The van der Waals surface area contributed by atoms with Crippen LogP contribution in [0.4, 0.5) is 5.69 Å². The number of aryl methyl sites for hydroxylation is 1. The molecule has 0 saturated carbocycles. The first-order valence-corrected chi connectivity index (χ1v) is 7.59. The van der Waals surface area contributed by atoms with Crippen molar-refractivity contribution in [1.29, 1.82) is 0 Å². The van der Waals surface area contributed by atoms with Crippen LogP contribution < -0.4 is 10.1 Å². The molecule has 2 N–H and O–H groups in total. The van der Waals surface area contributed by atoms with Gasteiger partial charge in [0.25, 0.3) is 0 Å². The summed E-state index contributed by atoms with van der Waals surface area (Å²) in [6.45, 7) is 0.817. The van der Waals surface area contributed by atoms with E-state index in [4.69, 9.17) is 4.74 Å². The van der Waals surface area contributed by atoms with Crippen molar-refractivity contribution in [3.63, 3.8) is 0 Å². The van der Waals surface area contributed by atoms with Crippen LogP contribution in [0.2, 0.25) is 0 Å². The van der Waals surface area contributed by atoms with Crippen molar-refractivity contribution in [3.8, 4) is 17.1 Å². The Morgan fingerprint density at radius 1 is 1.33 bits per heavy atom. The van der Waals surface area contributed by atoms with Crippen LogP contribution in [-0.4, -0.2) is 38.2 Å². The zero-order valence-electron chi connectivity index (χ0n) is 13.3. The third-order valence-corrected chi connectivity index (χ3v) is 3.56. The summed E-state index contributed by atoms with van der Waals surface area (Å²) in [5.41, 5.74) is 1.33. The molecule has 0 saturated heterocycles. The summed E-state index contributed by atoms with van der Waals surface area (Å²) in [4.78, 5) is 12.1. The molecule has 3 rings (SSSR count). The number of H-pyrrole nitrogens is 1. The molecule has 1 aromatic carbocycles. The number of rotatable bonds is 7. The summed E-state index contributed by atoms with van der Waals surface area (Å²) in [5, 5.41) is 16.7. The largest absolute Gasteiger partial charge is 0.496 e. The van der Waals surface area contributed by atoms with Gasteiger partial charge in [-0.15, -0.1) is 10.2 Å². The van der Waals surface area contributed by atoms with E-state index in [1.807, 2.05) is 24.5 Å². The fraction of sp³-hybridized carbons (Fsp3) is 0.250. The number of anilines is 1. The lowest BCUT2D eigenvalue weighted by molar-refractivity contribution is -0.116. The highest BCUT2D eigenvalue weighted by molar-refractivity contribution is 5.91. The van der Waals surface area contributed by atoms with Crippen molar-refractivity contribution in [2.75, 3.05) is 12.4 Å². The molecule has 2 heterocycles. The monoisotopic (exact) mass is 326 g/mol. The molecule has 0 unspecified atom stereocenters. The number of aromatic nitrogens is 5. The number of carbonyl (C=O) groups is 1. The molecule has 0 bridgehead atoms. The number of amides is 1. The summed E-state index contributed by atoms with van der Waals surface area (Å²) >= 11 is 0. The number of hydrogen-bond acceptors (Lipinski definition) is 5. The Morgan fingerprint density at radius 3 is 2.88 bits per heavy atom. The first-order chi connectivity index (χ1) is 11.8. The highest BCUT2D eigenvalue weighted by Crippen LogP contribution is 2.29. The molecule has 124 valence electrons. The van der Waals surface area contributed by atoms with Gasteiger partial charge in [-0.3, -0.25) is 4.79 Å². The van der Waals surface area contributed by atoms with Crippen molar-refractivity contribution in [2.45, 2.75) is 19.4 Å². The van der Waals surface area contributed by atoms with Crippen molar-refractivity contribution in [2.24, 2.45) is 0 Å².